The van der Waals surface area contributed by atoms with Crippen LogP contribution in [0.1, 0.15) is 143 Å². The smallest absolute Gasteiger partial charge is 0.180 e. The molecule has 0 unspecified atom stereocenters. The van der Waals surface area contributed by atoms with Crippen molar-refractivity contribution >= 4 is 28.9 Å². The highest BCUT2D eigenvalue weighted by Gasteiger charge is 2.19. The van der Waals surface area contributed by atoms with Crippen molar-refractivity contribution in [3.63, 3.8) is 0 Å². The molecule has 4 aromatic rings. The van der Waals surface area contributed by atoms with Gasteiger partial charge in [-0.15, -0.1) is 22.7 Å². The van der Waals surface area contributed by atoms with Gasteiger partial charge < -0.3 is 8.94 Å². The lowest BCUT2D eigenvalue weighted by atomic mass is 9.90. The van der Waals surface area contributed by atoms with Gasteiger partial charge in [0.1, 0.15) is 12.5 Å². The molecule has 0 aromatic carbocycles. The van der Waals surface area contributed by atoms with Gasteiger partial charge >= 0.3 is 0 Å². The molecular weight excluding hydrogens is 623 g/mol. The summed E-state index contributed by atoms with van der Waals surface area (Å²) >= 11 is 3.47. The van der Waals surface area contributed by atoms with Gasteiger partial charge in [0.05, 0.1) is 34.3 Å². The zero-order valence-electron chi connectivity index (χ0n) is 32.2. The third-order valence-corrected chi connectivity index (χ3v) is 8.91. The first kappa shape index (κ1) is 42.1. The molecule has 0 atom stereocenters. The fourth-order valence-electron chi connectivity index (χ4n) is 4.07. The molecular formula is C38H61N5O2S2. The average Bonchev–Trinajstić information content (AvgIpc) is 3.72. The van der Waals surface area contributed by atoms with E-state index in [2.05, 4.69) is 149 Å². The molecule has 0 saturated heterocycles. The summed E-state index contributed by atoms with van der Waals surface area (Å²) in [5, 5.41) is 3.61. The molecule has 5 rings (SSSR count). The normalized spacial score (nSPS) is 13.2. The fourth-order valence-corrected chi connectivity index (χ4v) is 5.75. The van der Waals surface area contributed by atoms with Gasteiger partial charge in [0, 0.05) is 49.9 Å². The molecule has 262 valence electrons. The maximum atomic E-state index is 4.83. The number of allylic oxidation sites excluding steroid dienone is 2. The van der Waals surface area contributed by atoms with E-state index in [-0.39, 0.29) is 27.1 Å². The van der Waals surface area contributed by atoms with Crippen LogP contribution in [0.5, 0.6) is 0 Å². The second-order valence-corrected chi connectivity index (χ2v) is 18.6. The predicted molar refractivity (Wildman–Crippen MR) is 202 cm³/mol. The molecule has 1 aliphatic rings. The molecule has 5 heterocycles. The number of hydrogen-bond acceptors (Lipinski definition) is 9. The zero-order chi connectivity index (χ0) is 36.3. The molecule has 0 radical (unpaired) electrons. The van der Waals surface area contributed by atoms with E-state index in [1.807, 2.05) is 17.2 Å². The van der Waals surface area contributed by atoms with Crippen molar-refractivity contribution in [2.75, 3.05) is 0 Å². The molecule has 7 nitrogen and oxygen atoms in total. The second kappa shape index (κ2) is 17.5. The SMILES string of the molecule is CC(C)(C)C1=CCC=N1.CC(C)(C)c1cnoc1.CC(C)(C)c1cocn1.Cc1ncsc1C(C)(C)C.Cc1scnc1C(C)(C)C. The van der Waals surface area contributed by atoms with Gasteiger partial charge in [-0.3, -0.25) is 4.99 Å². The van der Waals surface area contributed by atoms with E-state index in [0.29, 0.717) is 0 Å². The first-order valence-electron chi connectivity index (χ1n) is 16.2. The van der Waals surface area contributed by atoms with Crippen LogP contribution in [0.3, 0.4) is 0 Å². The van der Waals surface area contributed by atoms with Crippen LogP contribution in [0.2, 0.25) is 0 Å². The Hall–Kier alpha value is -2.91. The minimum atomic E-state index is 0.118. The minimum absolute atomic E-state index is 0.118. The van der Waals surface area contributed by atoms with E-state index in [1.54, 1.807) is 41.4 Å². The number of aliphatic imine (C=N–C) groups is 1. The summed E-state index contributed by atoms with van der Waals surface area (Å²) in [7, 11) is 0. The average molecular weight is 684 g/mol. The minimum Gasteiger partial charge on any atom is -0.451 e. The molecule has 0 bridgehead atoms. The Morgan fingerprint density at radius 3 is 1.49 bits per heavy atom. The lowest BCUT2D eigenvalue weighted by molar-refractivity contribution is 0.416. The summed E-state index contributed by atoms with van der Waals surface area (Å²) in [6.07, 6.45) is 11.7. The van der Waals surface area contributed by atoms with Crippen molar-refractivity contribution < 1.29 is 8.94 Å². The molecule has 9 heteroatoms. The van der Waals surface area contributed by atoms with Gasteiger partial charge in [0.25, 0.3) is 0 Å². The van der Waals surface area contributed by atoms with Crippen LogP contribution in [-0.2, 0) is 21.7 Å². The van der Waals surface area contributed by atoms with E-state index >= 15 is 0 Å². The lowest BCUT2D eigenvalue weighted by Crippen LogP contribution is -2.12. The highest BCUT2D eigenvalue weighted by molar-refractivity contribution is 7.10. The van der Waals surface area contributed by atoms with Gasteiger partial charge in [-0.2, -0.15) is 0 Å². The fraction of sp³-hybridized carbons (Fsp3) is 0.605. The molecule has 0 spiro atoms. The largest absolute Gasteiger partial charge is 0.451 e. The topological polar surface area (TPSA) is 90.2 Å². The van der Waals surface area contributed by atoms with Crippen LogP contribution in [0.4, 0.5) is 0 Å². The van der Waals surface area contributed by atoms with Crippen LogP contribution in [0.15, 0.2) is 61.8 Å². The van der Waals surface area contributed by atoms with Crippen LogP contribution >= 0.6 is 22.7 Å². The first-order valence-corrected chi connectivity index (χ1v) is 17.9. The summed E-state index contributed by atoms with van der Waals surface area (Å²) in [5.41, 5.74) is 10.6. The van der Waals surface area contributed by atoms with E-state index in [1.165, 1.54) is 33.2 Å². The third-order valence-electron chi connectivity index (χ3n) is 6.80. The first-order chi connectivity index (χ1) is 21.3. The number of aryl methyl sites for hydroxylation is 2. The standard InChI is InChI=1S/2C8H13NS.C8H13N.2C7H11NO/c1-6-7(8(2,3)4)9-5-10-6;1-6-7(8(2,3)4)10-5-9-6;1-8(2,3)7-5-4-6-9-7;1-7(2,3)6-4-9-5-8-6;1-7(2,3)6-4-8-9-5-6/h2*5H,1-4H3;5-6H,4H2,1-3H3;2*4-5H,1-3H3. The quantitative estimate of drug-likeness (QED) is 0.183. The maximum absolute atomic E-state index is 4.83. The van der Waals surface area contributed by atoms with Gasteiger partial charge in [-0.25, -0.2) is 15.0 Å². The zero-order valence-corrected chi connectivity index (χ0v) is 33.8. The number of aromatic nitrogens is 4. The highest BCUT2D eigenvalue weighted by atomic mass is 32.1. The van der Waals surface area contributed by atoms with Crippen molar-refractivity contribution in [2.45, 2.75) is 146 Å². The van der Waals surface area contributed by atoms with Gasteiger partial charge in [-0.1, -0.05) is 115 Å². The van der Waals surface area contributed by atoms with E-state index in [9.17, 15) is 0 Å². The van der Waals surface area contributed by atoms with Crippen molar-refractivity contribution in [3.8, 4) is 0 Å². The Balaban J connectivity index is 0.000000294. The molecule has 0 amide bonds. The van der Waals surface area contributed by atoms with Gasteiger partial charge in [-0.05, 0) is 24.7 Å². The molecule has 0 saturated carbocycles. The monoisotopic (exact) mass is 683 g/mol. The maximum Gasteiger partial charge on any atom is 0.180 e. The second-order valence-electron chi connectivity index (χ2n) is 16.7. The Morgan fingerprint density at radius 2 is 1.28 bits per heavy atom. The Morgan fingerprint density at radius 1 is 0.660 bits per heavy atom. The number of oxazole rings is 1. The molecule has 1 aliphatic heterocycles. The Labute approximate surface area is 293 Å². The van der Waals surface area contributed by atoms with Crippen LogP contribution in [0.25, 0.3) is 0 Å². The van der Waals surface area contributed by atoms with Crippen LogP contribution in [-0.4, -0.2) is 26.3 Å². The van der Waals surface area contributed by atoms with E-state index in [4.69, 9.17) is 8.94 Å². The van der Waals surface area contributed by atoms with Crippen LogP contribution in [0, 0.1) is 19.3 Å². The van der Waals surface area contributed by atoms with Crippen molar-refractivity contribution in [3.05, 3.63) is 80.3 Å². The highest BCUT2D eigenvalue weighted by Crippen LogP contribution is 2.29. The van der Waals surface area contributed by atoms with Crippen molar-refractivity contribution in [2.24, 2.45) is 10.4 Å². The van der Waals surface area contributed by atoms with Crippen molar-refractivity contribution in [1.82, 2.24) is 20.1 Å². The van der Waals surface area contributed by atoms with Gasteiger partial charge in [0.15, 0.2) is 6.39 Å². The summed E-state index contributed by atoms with van der Waals surface area (Å²) in [6, 6.07) is 0. The third kappa shape index (κ3) is 15.7. The Kier molecular flexibility index (Phi) is 15.7. The predicted octanol–water partition coefficient (Wildman–Crippen LogP) is 11.8. The number of thiazole rings is 2. The van der Waals surface area contributed by atoms with Gasteiger partial charge in [0.2, 0.25) is 0 Å². The molecule has 0 fully saturated rings. The molecule has 0 aliphatic carbocycles. The Bertz CT molecular complexity index is 1380. The summed E-state index contributed by atoms with van der Waals surface area (Å²) in [6.45, 7) is 36.6. The summed E-state index contributed by atoms with van der Waals surface area (Å²) < 4.78 is 9.52. The van der Waals surface area contributed by atoms with E-state index < -0.39 is 0 Å². The van der Waals surface area contributed by atoms with Crippen LogP contribution < -0.4 is 0 Å². The summed E-state index contributed by atoms with van der Waals surface area (Å²) in [5.74, 6) is 0. The lowest BCUT2D eigenvalue weighted by Gasteiger charge is -2.16. The summed E-state index contributed by atoms with van der Waals surface area (Å²) in [4.78, 5) is 19.5. The number of hydrogen-bond donors (Lipinski definition) is 0. The molecule has 47 heavy (non-hydrogen) atoms. The number of rotatable bonds is 0. The van der Waals surface area contributed by atoms with E-state index in [0.717, 1.165) is 17.7 Å². The molecule has 4 aromatic heterocycles. The molecule has 0 N–H and O–H groups in total. The number of nitrogens with zero attached hydrogens (tertiary/aromatic N) is 5. The van der Waals surface area contributed by atoms with Crippen molar-refractivity contribution in [1.29, 1.82) is 0 Å².